The summed E-state index contributed by atoms with van der Waals surface area (Å²) < 4.78 is 10.7. The van der Waals surface area contributed by atoms with E-state index in [2.05, 4.69) is 5.32 Å². The summed E-state index contributed by atoms with van der Waals surface area (Å²) in [5.74, 6) is -0.744. The fraction of sp³-hybridized carbons (Fsp3) is 0.474. The fourth-order valence-electron chi connectivity index (χ4n) is 3.10. The van der Waals surface area contributed by atoms with Crippen molar-refractivity contribution in [2.75, 3.05) is 0 Å². The van der Waals surface area contributed by atoms with Crippen LogP contribution in [0.2, 0.25) is 0 Å². The summed E-state index contributed by atoms with van der Waals surface area (Å²) in [4.78, 5) is 24.4. The van der Waals surface area contributed by atoms with Gasteiger partial charge in [-0.2, -0.15) is 0 Å². The molecule has 2 aromatic rings. The van der Waals surface area contributed by atoms with E-state index >= 15 is 0 Å². The zero-order valence-corrected chi connectivity index (χ0v) is 13.9. The first-order valence-corrected chi connectivity index (χ1v) is 8.63. The van der Waals surface area contributed by atoms with Gasteiger partial charge in [-0.3, -0.25) is 4.79 Å². The Morgan fingerprint density at radius 2 is 1.88 bits per heavy atom. The van der Waals surface area contributed by atoms with Crippen LogP contribution < -0.4 is 5.32 Å². The first-order chi connectivity index (χ1) is 11.6. The van der Waals surface area contributed by atoms with Crippen LogP contribution in [0, 0.1) is 0 Å². The Morgan fingerprint density at radius 3 is 2.58 bits per heavy atom. The number of rotatable bonds is 4. The molecule has 1 aromatic carbocycles. The smallest absolute Gasteiger partial charge is 0.375 e. The van der Waals surface area contributed by atoms with Crippen LogP contribution in [0.5, 0.6) is 0 Å². The van der Waals surface area contributed by atoms with Gasteiger partial charge in [0, 0.05) is 11.4 Å². The van der Waals surface area contributed by atoms with E-state index in [9.17, 15) is 9.59 Å². The predicted octanol–water partition coefficient (Wildman–Crippen LogP) is 3.82. The van der Waals surface area contributed by atoms with Gasteiger partial charge in [0.25, 0.3) is 5.91 Å². The number of esters is 1. The summed E-state index contributed by atoms with van der Waals surface area (Å²) in [6, 6.07) is 9.17. The molecular formula is C19H23NO4. The van der Waals surface area contributed by atoms with Crippen LogP contribution in [0.15, 0.2) is 34.7 Å². The Hall–Kier alpha value is -2.30. The van der Waals surface area contributed by atoms with Crippen molar-refractivity contribution < 1.29 is 18.7 Å². The summed E-state index contributed by atoms with van der Waals surface area (Å²) in [5, 5.41) is 3.83. The highest BCUT2D eigenvalue weighted by molar-refractivity contribution is 5.94. The van der Waals surface area contributed by atoms with E-state index in [1.165, 1.54) is 12.8 Å². The van der Waals surface area contributed by atoms with Gasteiger partial charge in [0.2, 0.25) is 5.76 Å². The molecule has 1 atom stereocenters. The minimum Gasteiger partial charge on any atom is -0.449 e. The van der Waals surface area contributed by atoms with Gasteiger partial charge in [0.05, 0.1) is 0 Å². The molecule has 1 heterocycles. The number of carbonyl (C=O) groups excluding carboxylic acids is 2. The van der Waals surface area contributed by atoms with Gasteiger partial charge < -0.3 is 14.5 Å². The lowest BCUT2D eigenvalue weighted by Gasteiger charge is -2.19. The molecule has 0 spiro atoms. The number of carbonyl (C=O) groups is 2. The molecule has 1 fully saturated rings. The molecule has 5 heteroatoms. The SMILES string of the molecule is C[C@H](OC(=O)c1cc2ccccc2o1)C(=O)NC1CCCCCC1. The summed E-state index contributed by atoms with van der Waals surface area (Å²) in [7, 11) is 0. The maximum absolute atomic E-state index is 12.2. The van der Waals surface area contributed by atoms with Crippen molar-refractivity contribution in [2.45, 2.75) is 57.6 Å². The zero-order chi connectivity index (χ0) is 16.9. The van der Waals surface area contributed by atoms with Gasteiger partial charge in [0.1, 0.15) is 5.58 Å². The topological polar surface area (TPSA) is 68.5 Å². The minimum atomic E-state index is -0.839. The highest BCUT2D eigenvalue weighted by atomic mass is 16.6. The molecule has 1 aromatic heterocycles. The Morgan fingerprint density at radius 1 is 1.17 bits per heavy atom. The van der Waals surface area contributed by atoms with E-state index in [4.69, 9.17) is 9.15 Å². The lowest BCUT2D eigenvalue weighted by Crippen LogP contribution is -2.41. The molecule has 0 bridgehead atoms. The Balaban J connectivity index is 1.57. The van der Waals surface area contributed by atoms with Gasteiger partial charge in [0.15, 0.2) is 6.10 Å². The highest BCUT2D eigenvalue weighted by Gasteiger charge is 2.23. The molecule has 0 unspecified atom stereocenters. The van der Waals surface area contributed by atoms with Crippen molar-refractivity contribution in [3.05, 3.63) is 36.1 Å². The van der Waals surface area contributed by atoms with E-state index in [1.807, 2.05) is 18.2 Å². The average Bonchev–Trinajstić information content (AvgIpc) is 2.85. The second-order valence-electron chi connectivity index (χ2n) is 6.39. The molecule has 1 aliphatic rings. The van der Waals surface area contributed by atoms with E-state index in [0.717, 1.165) is 31.1 Å². The third-order valence-corrected chi connectivity index (χ3v) is 4.48. The fourth-order valence-corrected chi connectivity index (χ4v) is 3.10. The van der Waals surface area contributed by atoms with Crippen LogP contribution in [0.4, 0.5) is 0 Å². The molecule has 1 saturated carbocycles. The number of ether oxygens (including phenoxy) is 1. The summed E-state index contributed by atoms with van der Waals surface area (Å²) in [6.45, 7) is 1.59. The van der Waals surface area contributed by atoms with Gasteiger partial charge in [-0.15, -0.1) is 0 Å². The maximum atomic E-state index is 12.2. The van der Waals surface area contributed by atoms with E-state index in [1.54, 1.807) is 19.1 Å². The Labute approximate surface area is 141 Å². The average molecular weight is 329 g/mol. The van der Waals surface area contributed by atoms with E-state index in [0.29, 0.717) is 5.58 Å². The number of hydrogen-bond donors (Lipinski definition) is 1. The number of hydrogen-bond acceptors (Lipinski definition) is 4. The monoisotopic (exact) mass is 329 g/mol. The van der Waals surface area contributed by atoms with Gasteiger partial charge in [-0.05, 0) is 31.9 Å². The largest absolute Gasteiger partial charge is 0.449 e. The first-order valence-electron chi connectivity index (χ1n) is 8.63. The third-order valence-electron chi connectivity index (χ3n) is 4.48. The Kier molecular flexibility index (Phi) is 5.18. The van der Waals surface area contributed by atoms with Crippen LogP contribution in [0.1, 0.15) is 56.0 Å². The molecule has 5 nitrogen and oxygen atoms in total. The van der Waals surface area contributed by atoms with E-state index < -0.39 is 12.1 Å². The highest BCUT2D eigenvalue weighted by Crippen LogP contribution is 2.20. The van der Waals surface area contributed by atoms with Crippen LogP contribution in [0.25, 0.3) is 11.0 Å². The number of nitrogens with one attached hydrogen (secondary N) is 1. The van der Waals surface area contributed by atoms with Gasteiger partial charge in [-0.25, -0.2) is 4.79 Å². The Bertz CT molecular complexity index is 680. The lowest BCUT2D eigenvalue weighted by molar-refractivity contribution is -0.130. The van der Waals surface area contributed by atoms with Gasteiger partial charge >= 0.3 is 5.97 Å². The minimum absolute atomic E-state index is 0.116. The van der Waals surface area contributed by atoms with Gasteiger partial charge in [-0.1, -0.05) is 43.9 Å². The van der Waals surface area contributed by atoms with Crippen molar-refractivity contribution in [3.8, 4) is 0 Å². The van der Waals surface area contributed by atoms with Crippen LogP contribution in [-0.2, 0) is 9.53 Å². The molecule has 0 saturated heterocycles. The number of furan rings is 1. The molecular weight excluding hydrogens is 306 g/mol. The molecule has 128 valence electrons. The second kappa shape index (κ2) is 7.51. The predicted molar refractivity (Wildman–Crippen MR) is 90.7 cm³/mol. The van der Waals surface area contributed by atoms with Crippen molar-refractivity contribution >= 4 is 22.8 Å². The zero-order valence-electron chi connectivity index (χ0n) is 13.9. The number of benzene rings is 1. The maximum Gasteiger partial charge on any atom is 0.375 e. The molecule has 1 N–H and O–H groups in total. The van der Waals surface area contributed by atoms with Crippen molar-refractivity contribution in [2.24, 2.45) is 0 Å². The summed E-state index contributed by atoms with van der Waals surface area (Å²) >= 11 is 0. The molecule has 24 heavy (non-hydrogen) atoms. The summed E-state index contributed by atoms with van der Waals surface area (Å²) in [6.07, 6.45) is 5.88. The van der Waals surface area contributed by atoms with Crippen LogP contribution in [-0.4, -0.2) is 24.0 Å². The molecule has 0 radical (unpaired) electrons. The third kappa shape index (κ3) is 3.96. The lowest BCUT2D eigenvalue weighted by atomic mass is 10.1. The molecule has 3 rings (SSSR count). The van der Waals surface area contributed by atoms with Crippen LogP contribution >= 0.6 is 0 Å². The van der Waals surface area contributed by atoms with E-state index in [-0.39, 0.29) is 17.7 Å². The number of para-hydroxylation sites is 1. The van der Waals surface area contributed by atoms with Crippen molar-refractivity contribution in [1.82, 2.24) is 5.32 Å². The molecule has 1 amide bonds. The summed E-state index contributed by atoms with van der Waals surface area (Å²) in [5.41, 5.74) is 0.625. The normalized spacial score (nSPS) is 17.2. The quantitative estimate of drug-likeness (QED) is 0.684. The number of amides is 1. The standard InChI is InChI=1S/C19H23NO4/c1-13(18(21)20-15-9-4-2-3-5-10-15)23-19(22)17-12-14-8-6-7-11-16(14)24-17/h6-8,11-13,15H,2-5,9-10H2,1H3,(H,20,21)/t13-/m0/s1. The second-order valence-corrected chi connectivity index (χ2v) is 6.39. The molecule has 0 aliphatic heterocycles. The van der Waals surface area contributed by atoms with Crippen LogP contribution in [0.3, 0.4) is 0 Å². The molecule has 1 aliphatic carbocycles. The first kappa shape index (κ1) is 16.6. The van der Waals surface area contributed by atoms with Crippen molar-refractivity contribution in [3.63, 3.8) is 0 Å². The van der Waals surface area contributed by atoms with Crippen molar-refractivity contribution in [1.29, 1.82) is 0 Å². The number of fused-ring (bicyclic) bond motifs is 1.